The van der Waals surface area contributed by atoms with Gasteiger partial charge in [-0.3, -0.25) is 9.59 Å². The van der Waals surface area contributed by atoms with Crippen LogP contribution in [0.2, 0.25) is 0 Å². The largest absolute Gasteiger partial charge is 0.396 e. The number of nitrogens with one attached hydrogen (secondary N) is 2. The highest BCUT2D eigenvalue weighted by Gasteiger charge is 2.26. The maximum absolute atomic E-state index is 12.3. The molecule has 1 aliphatic carbocycles. The molecule has 0 spiro atoms. The van der Waals surface area contributed by atoms with Crippen LogP contribution in [0.5, 0.6) is 0 Å². The number of carbonyl (C=O) groups is 1. The van der Waals surface area contributed by atoms with E-state index < -0.39 is 0 Å². The van der Waals surface area contributed by atoms with E-state index in [1.54, 1.807) is 6.07 Å². The Morgan fingerprint density at radius 3 is 2.64 bits per heavy atom. The van der Waals surface area contributed by atoms with Crippen LogP contribution in [0.4, 0.5) is 0 Å². The minimum atomic E-state index is -0.352. The molecule has 0 unspecified atom stereocenters. The Labute approximate surface area is 131 Å². The second-order valence-corrected chi connectivity index (χ2v) is 6.27. The fourth-order valence-corrected chi connectivity index (χ4v) is 2.99. The van der Waals surface area contributed by atoms with Crippen molar-refractivity contribution in [3.63, 3.8) is 0 Å². The van der Waals surface area contributed by atoms with Crippen molar-refractivity contribution in [2.24, 2.45) is 5.41 Å². The molecule has 5 nitrogen and oxygen atoms in total. The van der Waals surface area contributed by atoms with E-state index in [1.165, 1.54) is 0 Å². The van der Waals surface area contributed by atoms with Crippen LogP contribution in [0.3, 0.4) is 0 Å². The normalized spacial score (nSPS) is 14.5. The van der Waals surface area contributed by atoms with E-state index >= 15 is 0 Å². The minimum Gasteiger partial charge on any atom is -0.396 e. The number of pyridine rings is 1. The van der Waals surface area contributed by atoms with Gasteiger partial charge in [0.05, 0.1) is 6.61 Å². The molecular formula is C17H26N2O3. The summed E-state index contributed by atoms with van der Waals surface area (Å²) < 4.78 is 0. The number of aliphatic hydroxyl groups is 1. The first-order valence-electron chi connectivity index (χ1n) is 8.19. The average molecular weight is 306 g/mol. The van der Waals surface area contributed by atoms with Crippen molar-refractivity contribution in [3.8, 4) is 0 Å². The van der Waals surface area contributed by atoms with Crippen LogP contribution < -0.4 is 10.9 Å². The number of fused-ring (bicyclic) bond motifs is 1. The number of carbonyl (C=O) groups excluding carboxylic acids is 1. The summed E-state index contributed by atoms with van der Waals surface area (Å²) in [4.78, 5) is 27.3. The van der Waals surface area contributed by atoms with Gasteiger partial charge in [0.1, 0.15) is 5.56 Å². The molecule has 0 atom stereocenters. The summed E-state index contributed by atoms with van der Waals surface area (Å²) in [5.41, 5.74) is 1.60. The molecule has 1 heterocycles. The Bertz CT molecular complexity index is 580. The average Bonchev–Trinajstić information content (AvgIpc) is 2.55. The molecule has 22 heavy (non-hydrogen) atoms. The Morgan fingerprint density at radius 1 is 1.32 bits per heavy atom. The Kier molecular flexibility index (Phi) is 5.40. The van der Waals surface area contributed by atoms with Crippen LogP contribution in [0.15, 0.2) is 10.9 Å². The molecule has 0 aliphatic heterocycles. The van der Waals surface area contributed by atoms with Crippen molar-refractivity contribution in [3.05, 3.63) is 33.2 Å². The van der Waals surface area contributed by atoms with Crippen LogP contribution in [0, 0.1) is 5.41 Å². The lowest BCUT2D eigenvalue weighted by atomic mass is 9.83. The number of rotatable bonds is 6. The summed E-state index contributed by atoms with van der Waals surface area (Å²) in [6.45, 7) is 4.40. The van der Waals surface area contributed by atoms with Crippen LogP contribution in [0.1, 0.15) is 61.1 Å². The Hall–Kier alpha value is -1.62. The SMILES string of the molecule is CCC(CC)(CO)CNC(=O)c1cc2c([nH]c1=O)CCCC2. The quantitative estimate of drug-likeness (QED) is 0.749. The lowest BCUT2D eigenvalue weighted by Crippen LogP contribution is -2.41. The molecule has 0 radical (unpaired) electrons. The second kappa shape index (κ2) is 7.09. The zero-order chi connectivity index (χ0) is 16.2. The highest BCUT2D eigenvalue weighted by atomic mass is 16.3. The Balaban J connectivity index is 2.15. The Morgan fingerprint density at radius 2 is 2.00 bits per heavy atom. The molecule has 0 bridgehead atoms. The van der Waals surface area contributed by atoms with Crippen LogP contribution >= 0.6 is 0 Å². The van der Waals surface area contributed by atoms with Crippen molar-refractivity contribution < 1.29 is 9.90 Å². The standard InChI is InChI=1S/C17H26N2O3/c1-3-17(4-2,11-20)10-18-15(21)13-9-12-7-5-6-8-14(12)19-16(13)22/h9,20H,3-8,10-11H2,1-2H3,(H,18,21)(H,19,22). The molecule has 1 aromatic heterocycles. The number of aliphatic hydroxyl groups excluding tert-OH is 1. The van der Waals surface area contributed by atoms with E-state index in [4.69, 9.17) is 0 Å². The molecule has 0 aromatic carbocycles. The number of amides is 1. The number of aryl methyl sites for hydroxylation is 2. The summed E-state index contributed by atoms with van der Waals surface area (Å²) in [6, 6.07) is 1.74. The molecular weight excluding hydrogens is 280 g/mol. The van der Waals surface area contributed by atoms with Gasteiger partial charge in [0.15, 0.2) is 0 Å². The van der Waals surface area contributed by atoms with Gasteiger partial charge in [-0.2, -0.15) is 0 Å². The summed E-state index contributed by atoms with van der Waals surface area (Å²) in [5.74, 6) is -0.352. The van der Waals surface area contributed by atoms with Gasteiger partial charge < -0.3 is 15.4 Å². The molecule has 1 aromatic rings. The van der Waals surface area contributed by atoms with E-state index in [0.717, 1.165) is 49.8 Å². The first-order valence-corrected chi connectivity index (χ1v) is 8.19. The summed E-state index contributed by atoms with van der Waals surface area (Å²) in [5, 5.41) is 12.4. The van der Waals surface area contributed by atoms with Crippen LogP contribution in [-0.4, -0.2) is 29.1 Å². The maximum Gasteiger partial charge on any atom is 0.261 e. The van der Waals surface area contributed by atoms with Gasteiger partial charge in [-0.15, -0.1) is 0 Å². The molecule has 0 saturated carbocycles. The first kappa shape index (κ1) is 16.7. The van der Waals surface area contributed by atoms with Gasteiger partial charge in [-0.1, -0.05) is 13.8 Å². The molecule has 5 heteroatoms. The monoisotopic (exact) mass is 306 g/mol. The van der Waals surface area contributed by atoms with Gasteiger partial charge in [0, 0.05) is 17.7 Å². The molecule has 122 valence electrons. The molecule has 2 rings (SSSR count). The van der Waals surface area contributed by atoms with Crippen molar-refractivity contribution in [1.29, 1.82) is 0 Å². The highest BCUT2D eigenvalue weighted by Crippen LogP contribution is 2.24. The van der Waals surface area contributed by atoms with E-state index in [9.17, 15) is 14.7 Å². The number of hydrogen-bond donors (Lipinski definition) is 3. The predicted octanol–water partition coefficient (Wildman–Crippen LogP) is 1.78. The zero-order valence-electron chi connectivity index (χ0n) is 13.5. The zero-order valence-corrected chi connectivity index (χ0v) is 13.5. The predicted molar refractivity (Wildman–Crippen MR) is 86.1 cm³/mol. The number of aromatic nitrogens is 1. The van der Waals surface area contributed by atoms with E-state index in [-0.39, 0.29) is 29.1 Å². The lowest BCUT2D eigenvalue weighted by molar-refractivity contribution is 0.0849. The van der Waals surface area contributed by atoms with Gasteiger partial charge in [-0.05, 0) is 50.2 Å². The van der Waals surface area contributed by atoms with Crippen LogP contribution in [0.25, 0.3) is 0 Å². The summed E-state index contributed by atoms with van der Waals surface area (Å²) in [6.07, 6.45) is 5.53. The van der Waals surface area contributed by atoms with Crippen molar-refractivity contribution >= 4 is 5.91 Å². The number of aromatic amines is 1. The summed E-state index contributed by atoms with van der Waals surface area (Å²) in [7, 11) is 0. The topological polar surface area (TPSA) is 82.2 Å². The van der Waals surface area contributed by atoms with Gasteiger partial charge in [0.25, 0.3) is 11.5 Å². The molecule has 1 aliphatic rings. The maximum atomic E-state index is 12.3. The fraction of sp³-hybridized carbons (Fsp3) is 0.647. The van der Waals surface area contributed by atoms with E-state index in [0.29, 0.717) is 6.54 Å². The van der Waals surface area contributed by atoms with Crippen molar-refractivity contribution in [2.75, 3.05) is 13.2 Å². The molecule has 3 N–H and O–H groups in total. The van der Waals surface area contributed by atoms with E-state index in [1.807, 2.05) is 13.8 Å². The highest BCUT2D eigenvalue weighted by molar-refractivity contribution is 5.94. The van der Waals surface area contributed by atoms with Crippen molar-refractivity contribution in [1.82, 2.24) is 10.3 Å². The molecule has 1 amide bonds. The van der Waals surface area contributed by atoms with Gasteiger partial charge in [-0.25, -0.2) is 0 Å². The summed E-state index contributed by atoms with van der Waals surface area (Å²) >= 11 is 0. The number of hydrogen-bond acceptors (Lipinski definition) is 3. The van der Waals surface area contributed by atoms with Crippen LogP contribution in [-0.2, 0) is 12.8 Å². The third kappa shape index (κ3) is 3.40. The molecule has 0 fully saturated rings. The van der Waals surface area contributed by atoms with Gasteiger partial charge >= 0.3 is 0 Å². The fourth-order valence-electron chi connectivity index (χ4n) is 2.99. The van der Waals surface area contributed by atoms with E-state index in [2.05, 4.69) is 10.3 Å². The van der Waals surface area contributed by atoms with Crippen molar-refractivity contribution in [2.45, 2.75) is 52.4 Å². The smallest absolute Gasteiger partial charge is 0.261 e. The lowest BCUT2D eigenvalue weighted by Gasteiger charge is -2.29. The minimum absolute atomic E-state index is 0.0286. The number of H-pyrrole nitrogens is 1. The third-order valence-corrected chi connectivity index (χ3v) is 5.04. The van der Waals surface area contributed by atoms with Gasteiger partial charge in [0.2, 0.25) is 0 Å². The first-order chi connectivity index (χ1) is 10.5. The second-order valence-electron chi connectivity index (χ2n) is 6.27. The third-order valence-electron chi connectivity index (χ3n) is 5.04. The molecule has 0 saturated heterocycles.